The van der Waals surface area contributed by atoms with E-state index in [2.05, 4.69) is 4.72 Å². The molecule has 4 nitrogen and oxygen atoms in total. The smallest absolute Gasteiger partial charge is 0.240 e. The lowest BCUT2D eigenvalue weighted by atomic mass is 9.94. The van der Waals surface area contributed by atoms with Gasteiger partial charge in [-0.15, -0.1) is 0 Å². The van der Waals surface area contributed by atoms with Crippen LogP contribution < -0.4 is 4.72 Å². The molecule has 1 aromatic rings. The van der Waals surface area contributed by atoms with E-state index >= 15 is 0 Å². The van der Waals surface area contributed by atoms with Crippen molar-refractivity contribution in [2.45, 2.75) is 37.1 Å². The zero-order valence-electron chi connectivity index (χ0n) is 9.64. The van der Waals surface area contributed by atoms with Crippen LogP contribution in [0.5, 0.6) is 0 Å². The topological polar surface area (TPSA) is 63.2 Å². The van der Waals surface area contributed by atoms with Gasteiger partial charge in [-0.2, -0.15) is 0 Å². The molecule has 0 aromatic heterocycles. The highest BCUT2D eigenvalue weighted by Crippen LogP contribution is 2.21. The number of rotatable bonds is 4. The number of nitrogens with one attached hydrogen (secondary N) is 1. The van der Waals surface area contributed by atoms with E-state index in [9.17, 15) is 13.2 Å². The monoisotopic (exact) mass is 253 g/mol. The van der Waals surface area contributed by atoms with Gasteiger partial charge in [-0.1, -0.05) is 18.6 Å². The minimum atomic E-state index is -3.42. The quantitative estimate of drug-likeness (QED) is 0.831. The lowest BCUT2D eigenvalue weighted by Crippen LogP contribution is -2.39. The van der Waals surface area contributed by atoms with Gasteiger partial charge in [0.05, 0.1) is 4.90 Å². The van der Waals surface area contributed by atoms with Gasteiger partial charge < -0.3 is 0 Å². The highest BCUT2D eigenvalue weighted by molar-refractivity contribution is 7.89. The van der Waals surface area contributed by atoms with Gasteiger partial charge in [0.2, 0.25) is 10.0 Å². The van der Waals surface area contributed by atoms with E-state index in [0.29, 0.717) is 5.56 Å². The molecule has 1 fully saturated rings. The van der Waals surface area contributed by atoms with Crippen LogP contribution in [-0.2, 0) is 10.0 Å². The summed E-state index contributed by atoms with van der Waals surface area (Å²) in [6, 6.07) is 6.10. The summed E-state index contributed by atoms with van der Waals surface area (Å²) in [5.41, 5.74) is 0.521. The average Bonchev–Trinajstić information content (AvgIpc) is 2.24. The summed E-state index contributed by atoms with van der Waals surface area (Å²) in [7, 11) is -3.42. The van der Waals surface area contributed by atoms with Crippen LogP contribution >= 0.6 is 0 Å². The first-order valence-corrected chi connectivity index (χ1v) is 7.11. The molecule has 2 rings (SSSR count). The largest absolute Gasteiger partial charge is 0.295 e. The fourth-order valence-electron chi connectivity index (χ4n) is 1.68. The lowest BCUT2D eigenvalue weighted by Gasteiger charge is -2.26. The van der Waals surface area contributed by atoms with Gasteiger partial charge in [0.15, 0.2) is 5.78 Å². The number of sulfonamides is 1. The fraction of sp³-hybridized carbons (Fsp3) is 0.417. The third-order valence-corrected chi connectivity index (χ3v) is 4.53. The van der Waals surface area contributed by atoms with Crippen LogP contribution in [0, 0.1) is 0 Å². The zero-order chi connectivity index (χ0) is 12.5. The normalized spacial score (nSPS) is 16.5. The molecule has 17 heavy (non-hydrogen) atoms. The van der Waals surface area contributed by atoms with Crippen LogP contribution in [0.15, 0.2) is 29.2 Å². The number of Topliss-reactive ketones (excluding diaryl/α,β-unsaturated/α-hetero) is 1. The molecule has 0 heterocycles. The maximum atomic E-state index is 11.9. The van der Waals surface area contributed by atoms with Crippen LogP contribution in [0.1, 0.15) is 36.5 Å². The van der Waals surface area contributed by atoms with Gasteiger partial charge in [0.25, 0.3) is 0 Å². The molecule has 0 spiro atoms. The van der Waals surface area contributed by atoms with E-state index in [1.54, 1.807) is 0 Å². The second-order valence-corrected chi connectivity index (χ2v) is 6.04. The van der Waals surface area contributed by atoms with Crippen LogP contribution in [0.2, 0.25) is 0 Å². The summed E-state index contributed by atoms with van der Waals surface area (Å²) in [5.74, 6) is -0.0686. The SMILES string of the molecule is CC(=O)c1ccc(S(=O)(=O)NC2CCC2)cc1. The number of hydrogen-bond donors (Lipinski definition) is 1. The van der Waals surface area contributed by atoms with Gasteiger partial charge in [0, 0.05) is 11.6 Å². The number of carbonyl (C=O) groups excluding carboxylic acids is 1. The number of hydrogen-bond acceptors (Lipinski definition) is 3. The summed E-state index contributed by atoms with van der Waals surface area (Å²) >= 11 is 0. The van der Waals surface area contributed by atoms with E-state index in [1.165, 1.54) is 31.2 Å². The van der Waals surface area contributed by atoms with E-state index in [0.717, 1.165) is 19.3 Å². The van der Waals surface area contributed by atoms with Crippen molar-refractivity contribution < 1.29 is 13.2 Å². The predicted molar refractivity (Wildman–Crippen MR) is 64.4 cm³/mol. The minimum Gasteiger partial charge on any atom is -0.295 e. The molecule has 0 atom stereocenters. The van der Waals surface area contributed by atoms with Crippen molar-refractivity contribution in [3.05, 3.63) is 29.8 Å². The Morgan fingerprint density at radius 1 is 1.24 bits per heavy atom. The Bertz CT molecular complexity index is 515. The Morgan fingerprint density at radius 2 is 1.82 bits per heavy atom. The second-order valence-electron chi connectivity index (χ2n) is 4.33. The molecule has 0 unspecified atom stereocenters. The maximum Gasteiger partial charge on any atom is 0.240 e. The van der Waals surface area contributed by atoms with Crippen molar-refractivity contribution in [3.63, 3.8) is 0 Å². The van der Waals surface area contributed by atoms with E-state index in [4.69, 9.17) is 0 Å². The summed E-state index contributed by atoms with van der Waals surface area (Å²) < 4.78 is 26.5. The van der Waals surface area contributed by atoms with Gasteiger partial charge in [-0.25, -0.2) is 13.1 Å². The first kappa shape index (κ1) is 12.3. The highest BCUT2D eigenvalue weighted by Gasteiger charge is 2.24. The molecular weight excluding hydrogens is 238 g/mol. The van der Waals surface area contributed by atoms with Crippen LogP contribution in [0.4, 0.5) is 0 Å². The molecule has 1 saturated carbocycles. The predicted octanol–water partition coefficient (Wildman–Crippen LogP) is 1.72. The van der Waals surface area contributed by atoms with Gasteiger partial charge in [0.1, 0.15) is 0 Å². The van der Waals surface area contributed by atoms with Crippen molar-refractivity contribution in [3.8, 4) is 0 Å². The van der Waals surface area contributed by atoms with E-state index in [-0.39, 0.29) is 16.7 Å². The third kappa shape index (κ3) is 2.73. The van der Waals surface area contributed by atoms with Crippen molar-refractivity contribution in [2.75, 3.05) is 0 Å². The summed E-state index contributed by atoms with van der Waals surface area (Å²) in [5, 5.41) is 0. The first-order chi connectivity index (χ1) is 7.99. The standard InChI is InChI=1S/C12H15NO3S/c1-9(14)10-5-7-12(8-6-10)17(15,16)13-11-3-2-4-11/h5-8,11,13H,2-4H2,1H3. The van der Waals surface area contributed by atoms with Crippen molar-refractivity contribution in [1.82, 2.24) is 4.72 Å². The first-order valence-electron chi connectivity index (χ1n) is 5.62. The Hall–Kier alpha value is -1.20. The van der Waals surface area contributed by atoms with E-state index in [1.807, 2.05) is 0 Å². The molecule has 0 aliphatic heterocycles. The van der Waals surface area contributed by atoms with Gasteiger partial charge >= 0.3 is 0 Å². The molecule has 1 aliphatic carbocycles. The van der Waals surface area contributed by atoms with Gasteiger partial charge in [-0.05, 0) is 31.9 Å². The summed E-state index contributed by atoms with van der Waals surface area (Å²) in [4.78, 5) is 11.3. The Labute approximate surface area is 101 Å². The molecule has 5 heteroatoms. The van der Waals surface area contributed by atoms with E-state index < -0.39 is 10.0 Å². The van der Waals surface area contributed by atoms with Crippen molar-refractivity contribution in [2.24, 2.45) is 0 Å². The van der Waals surface area contributed by atoms with Crippen LogP contribution in [0.3, 0.4) is 0 Å². The Morgan fingerprint density at radius 3 is 2.24 bits per heavy atom. The number of carbonyl (C=O) groups is 1. The van der Waals surface area contributed by atoms with Crippen LogP contribution in [-0.4, -0.2) is 20.2 Å². The van der Waals surface area contributed by atoms with Gasteiger partial charge in [-0.3, -0.25) is 4.79 Å². The highest BCUT2D eigenvalue weighted by atomic mass is 32.2. The summed E-state index contributed by atoms with van der Waals surface area (Å²) in [6.45, 7) is 1.45. The second kappa shape index (κ2) is 4.58. The Balaban J connectivity index is 2.17. The van der Waals surface area contributed by atoms with Crippen molar-refractivity contribution >= 4 is 15.8 Å². The molecule has 1 aliphatic rings. The minimum absolute atomic E-state index is 0.0686. The average molecular weight is 253 g/mol. The number of benzene rings is 1. The summed E-state index contributed by atoms with van der Waals surface area (Å²) in [6.07, 6.45) is 2.89. The van der Waals surface area contributed by atoms with Crippen LogP contribution in [0.25, 0.3) is 0 Å². The maximum absolute atomic E-state index is 11.9. The number of ketones is 1. The lowest BCUT2D eigenvalue weighted by molar-refractivity contribution is 0.101. The van der Waals surface area contributed by atoms with Crippen molar-refractivity contribution in [1.29, 1.82) is 0 Å². The molecule has 92 valence electrons. The Kier molecular flexibility index (Phi) is 3.31. The third-order valence-electron chi connectivity index (χ3n) is 3.00. The molecule has 0 saturated heterocycles. The molecule has 0 amide bonds. The molecular formula is C12H15NO3S. The molecule has 0 radical (unpaired) electrons. The molecule has 1 N–H and O–H groups in total. The molecule has 1 aromatic carbocycles. The fourth-order valence-corrected chi connectivity index (χ4v) is 2.99. The zero-order valence-corrected chi connectivity index (χ0v) is 10.5. The molecule has 0 bridgehead atoms.